The van der Waals surface area contributed by atoms with Gasteiger partial charge in [0.15, 0.2) is 0 Å². The van der Waals surface area contributed by atoms with Gasteiger partial charge < -0.3 is 5.40 Å². The summed E-state index contributed by atoms with van der Waals surface area (Å²) in [7, 11) is 1.81. The predicted octanol–water partition coefficient (Wildman–Crippen LogP) is -2.58. The first-order valence-electron chi connectivity index (χ1n) is 1.02. The summed E-state index contributed by atoms with van der Waals surface area (Å²) in [5.41, 5.74) is 0. The van der Waals surface area contributed by atoms with Crippen LogP contribution in [0.3, 0.4) is 0 Å². The van der Waals surface area contributed by atoms with E-state index in [-0.39, 0.29) is 0 Å². The lowest BCUT2D eigenvalue weighted by molar-refractivity contribution is 2.00. The minimum absolute atomic E-state index is 0.806. The lowest BCUT2D eigenvalue weighted by Crippen LogP contribution is -1.75. The third-order valence-electron chi connectivity index (χ3n) is 0. The van der Waals surface area contributed by atoms with E-state index in [1.165, 1.54) is 0 Å². The fourth-order valence-electron chi connectivity index (χ4n) is 0. The number of rotatable bonds is 0. The van der Waals surface area contributed by atoms with Gasteiger partial charge >= 0.3 is 0 Å². The van der Waals surface area contributed by atoms with Gasteiger partial charge in [-0.05, 0) is 0 Å². The van der Waals surface area contributed by atoms with Crippen LogP contribution in [0.25, 0.3) is 0 Å². The zero-order chi connectivity index (χ0) is 4.00. The molecule has 4 heteroatoms. The SMILES string of the molecule is N[SiH3].[SiH3]S. The molecule has 0 amide bonds. The van der Waals surface area contributed by atoms with E-state index in [9.17, 15) is 0 Å². The summed E-state index contributed by atoms with van der Waals surface area (Å²) < 4.78 is 0. The fraction of sp³-hybridized carbons (Fsp3) is 0. The van der Waals surface area contributed by atoms with Gasteiger partial charge in [-0.1, -0.05) is 0 Å². The van der Waals surface area contributed by atoms with Crippen molar-refractivity contribution in [1.82, 2.24) is 0 Å². The van der Waals surface area contributed by atoms with Gasteiger partial charge in [0.2, 0.25) is 0 Å². The average molecular weight is 111 g/mol. The highest BCUT2D eigenvalue weighted by Gasteiger charge is 0.935. The molecule has 0 rings (SSSR count). The molecule has 0 aliphatic rings. The Balaban J connectivity index is 0. The van der Waals surface area contributed by atoms with Gasteiger partial charge in [0.25, 0.3) is 0 Å². The Labute approximate surface area is 37.9 Å². The third-order valence-corrected chi connectivity index (χ3v) is 0. The van der Waals surface area contributed by atoms with Crippen molar-refractivity contribution in [2.75, 3.05) is 0 Å². The van der Waals surface area contributed by atoms with E-state index in [4.69, 9.17) is 0 Å². The van der Waals surface area contributed by atoms with Crippen LogP contribution in [-0.2, 0) is 0 Å². The molecule has 0 atom stereocenters. The summed E-state index contributed by atoms with van der Waals surface area (Å²) in [6, 6.07) is 0. The smallest absolute Gasteiger partial charge is 0.0716 e. The molecule has 28 valence electrons. The van der Waals surface area contributed by atoms with E-state index in [1.807, 2.05) is 0 Å². The molecule has 2 N–H and O–H groups in total. The molecule has 0 saturated heterocycles. The van der Waals surface area contributed by atoms with Crippen molar-refractivity contribution >= 4 is 31.9 Å². The molecular formula is H9NSSi2. The first kappa shape index (κ1) is 8.83. The van der Waals surface area contributed by atoms with Gasteiger partial charge in [-0.2, -0.15) is 0 Å². The topological polar surface area (TPSA) is 26.0 Å². The minimum Gasteiger partial charge on any atom is -0.358 e. The summed E-state index contributed by atoms with van der Waals surface area (Å²) >= 11 is 3.67. The van der Waals surface area contributed by atoms with E-state index in [1.54, 1.807) is 0 Å². The van der Waals surface area contributed by atoms with Crippen molar-refractivity contribution in [3.63, 3.8) is 0 Å². The first-order valence-corrected chi connectivity index (χ1v) is 5.76. The van der Waals surface area contributed by atoms with Crippen molar-refractivity contribution in [2.45, 2.75) is 0 Å². The third kappa shape index (κ3) is 15.1. The standard InChI is InChI=1S/H5NSi.H4SSi/c2*1-2/h1H2,2H3;1H,2H3. The monoisotopic (exact) mass is 111 g/mol. The minimum atomic E-state index is 0.806. The van der Waals surface area contributed by atoms with Crippen LogP contribution in [0.2, 0.25) is 0 Å². The first-order chi connectivity index (χ1) is 2.00. The summed E-state index contributed by atoms with van der Waals surface area (Å²) in [5, 5.41) is 4.64. The summed E-state index contributed by atoms with van der Waals surface area (Å²) in [5.74, 6) is 0. The molecule has 1 nitrogen and oxygen atoms in total. The normalized spacial score (nSPS) is 4.50. The fourth-order valence-corrected chi connectivity index (χ4v) is 0. The second kappa shape index (κ2) is 50.9. The van der Waals surface area contributed by atoms with Gasteiger partial charge in [0.05, 0.1) is 19.8 Å². The maximum absolute atomic E-state index is 4.64. The Hall–Kier alpha value is 0.744. The highest BCUT2D eigenvalue weighted by Crippen LogP contribution is 1.26. The highest BCUT2D eigenvalue weighted by molar-refractivity contribution is 8.03. The molecular weight excluding hydrogens is 102 g/mol. The van der Waals surface area contributed by atoms with Crippen LogP contribution in [0.4, 0.5) is 0 Å². The van der Waals surface area contributed by atoms with Crippen LogP contribution in [0.5, 0.6) is 0 Å². The Morgan fingerprint density at radius 1 is 1.25 bits per heavy atom. The van der Waals surface area contributed by atoms with Gasteiger partial charge in [0, 0.05) is 0 Å². The van der Waals surface area contributed by atoms with Crippen molar-refractivity contribution in [1.29, 1.82) is 0 Å². The maximum Gasteiger partial charge on any atom is 0.0716 e. The number of nitrogens with two attached hydrogens (primary N) is 1. The van der Waals surface area contributed by atoms with E-state index in [2.05, 4.69) is 17.5 Å². The van der Waals surface area contributed by atoms with Crippen LogP contribution in [-0.4, -0.2) is 19.8 Å². The Morgan fingerprint density at radius 2 is 1.25 bits per heavy atom. The molecule has 0 aromatic heterocycles. The number of thiol groups is 1. The number of hydrogen-bond acceptors (Lipinski definition) is 2. The van der Waals surface area contributed by atoms with Crippen LogP contribution in [0.15, 0.2) is 0 Å². The Morgan fingerprint density at radius 3 is 1.25 bits per heavy atom. The molecule has 0 bridgehead atoms. The highest BCUT2D eigenvalue weighted by atomic mass is 32.3. The van der Waals surface area contributed by atoms with Gasteiger partial charge in [-0.15, -0.1) is 0 Å². The van der Waals surface area contributed by atoms with Crippen LogP contribution < -0.4 is 5.40 Å². The Bertz CT molecular complexity index is 6.00. The van der Waals surface area contributed by atoms with E-state index >= 15 is 0 Å². The molecule has 0 saturated carbocycles. The zero-order valence-electron chi connectivity index (χ0n) is 3.02. The predicted molar refractivity (Wildman–Crippen MR) is 33.1 cm³/mol. The average Bonchev–Trinajstić information content (AvgIpc) is 1.50. The summed E-state index contributed by atoms with van der Waals surface area (Å²) in [6.45, 7) is 0. The van der Waals surface area contributed by atoms with E-state index in [0.717, 1.165) is 19.8 Å². The van der Waals surface area contributed by atoms with Gasteiger partial charge in [-0.25, -0.2) is 12.1 Å². The van der Waals surface area contributed by atoms with Gasteiger partial charge in [-0.3, -0.25) is 0 Å². The van der Waals surface area contributed by atoms with E-state index in [0.29, 0.717) is 0 Å². The second-order valence-corrected chi connectivity index (χ2v) is 0. The largest absolute Gasteiger partial charge is 0.358 e. The van der Waals surface area contributed by atoms with Crippen molar-refractivity contribution in [3.8, 4) is 0 Å². The zero-order valence-corrected chi connectivity index (χ0v) is 7.92. The van der Waals surface area contributed by atoms with Crippen molar-refractivity contribution < 1.29 is 0 Å². The second-order valence-electron chi connectivity index (χ2n) is 0. The Kier molecular flexibility index (Phi) is 112. The van der Waals surface area contributed by atoms with Crippen LogP contribution in [0.1, 0.15) is 0 Å². The molecule has 0 aromatic carbocycles. The van der Waals surface area contributed by atoms with Crippen molar-refractivity contribution in [2.24, 2.45) is 5.40 Å². The van der Waals surface area contributed by atoms with Crippen molar-refractivity contribution in [3.05, 3.63) is 0 Å². The van der Waals surface area contributed by atoms with Gasteiger partial charge in [0.1, 0.15) is 0 Å². The maximum atomic E-state index is 4.64. The molecule has 4 heavy (non-hydrogen) atoms. The molecule has 0 aromatic rings. The number of hydrogen-bond donors (Lipinski definition) is 2. The molecule has 0 heterocycles. The molecule has 0 spiro atoms. The molecule has 0 aliphatic carbocycles. The van der Waals surface area contributed by atoms with Crippen LogP contribution >= 0.6 is 12.1 Å². The molecule has 0 aliphatic heterocycles. The molecule has 0 unspecified atom stereocenters. The lowest BCUT2D eigenvalue weighted by Gasteiger charge is -1.17. The summed E-state index contributed by atoms with van der Waals surface area (Å²) in [6.07, 6.45) is 0. The summed E-state index contributed by atoms with van der Waals surface area (Å²) in [4.78, 5) is 0. The van der Waals surface area contributed by atoms with Crippen LogP contribution in [0, 0.1) is 0 Å². The van der Waals surface area contributed by atoms with E-state index < -0.39 is 0 Å². The molecule has 0 fully saturated rings. The molecule has 0 radical (unpaired) electrons. The lowest BCUT2D eigenvalue weighted by atomic mass is 13.9. The quantitative estimate of drug-likeness (QED) is 0.261.